The molecule has 2 heteroatoms. The van der Waals surface area contributed by atoms with Gasteiger partial charge in [0.15, 0.2) is 0 Å². The molecule has 1 fully saturated rings. The van der Waals surface area contributed by atoms with Gasteiger partial charge in [-0.1, -0.05) is 25.0 Å². The summed E-state index contributed by atoms with van der Waals surface area (Å²) < 4.78 is 0. The number of hydrogen-bond acceptors (Lipinski definition) is 2. The van der Waals surface area contributed by atoms with Gasteiger partial charge in [0, 0.05) is 6.04 Å². The summed E-state index contributed by atoms with van der Waals surface area (Å²) in [5.74, 6) is 1.60. The monoisotopic (exact) mass is 222 g/mol. The van der Waals surface area contributed by atoms with E-state index in [1.54, 1.807) is 0 Å². The second kappa shape index (κ2) is 6.41. The van der Waals surface area contributed by atoms with E-state index in [-0.39, 0.29) is 0 Å². The van der Waals surface area contributed by atoms with Crippen molar-refractivity contribution in [3.8, 4) is 0 Å². The maximum absolute atomic E-state index is 5.85. The van der Waals surface area contributed by atoms with Crippen molar-refractivity contribution in [1.82, 2.24) is 5.32 Å². The van der Waals surface area contributed by atoms with E-state index in [4.69, 9.17) is 5.73 Å². The van der Waals surface area contributed by atoms with E-state index in [1.807, 2.05) is 0 Å². The second-order valence-electron chi connectivity index (χ2n) is 5.45. The van der Waals surface area contributed by atoms with Gasteiger partial charge in [-0.15, -0.1) is 0 Å². The lowest BCUT2D eigenvalue weighted by atomic mass is 9.84. The van der Waals surface area contributed by atoms with Gasteiger partial charge in [0.25, 0.3) is 0 Å². The molecule has 3 atom stereocenters. The Morgan fingerprint density at radius 1 is 1.12 bits per heavy atom. The molecule has 0 radical (unpaired) electrons. The molecule has 0 spiro atoms. The molecule has 0 bridgehead atoms. The number of nitrogens with one attached hydrogen (secondary N) is 1. The molecular formula is C14H26N2. The van der Waals surface area contributed by atoms with E-state index in [1.165, 1.54) is 51.5 Å². The van der Waals surface area contributed by atoms with Crippen LogP contribution in [0.25, 0.3) is 0 Å². The van der Waals surface area contributed by atoms with Gasteiger partial charge in [-0.05, 0) is 57.0 Å². The van der Waals surface area contributed by atoms with Gasteiger partial charge in [-0.3, -0.25) is 0 Å². The van der Waals surface area contributed by atoms with Crippen molar-refractivity contribution in [1.29, 1.82) is 0 Å². The Labute approximate surface area is 99.7 Å². The van der Waals surface area contributed by atoms with Gasteiger partial charge in [-0.25, -0.2) is 0 Å². The number of hydrogen-bond donors (Lipinski definition) is 2. The fourth-order valence-corrected chi connectivity index (χ4v) is 3.12. The number of nitrogens with two attached hydrogens (primary N) is 1. The zero-order valence-corrected chi connectivity index (χ0v) is 10.3. The molecule has 0 heterocycles. The van der Waals surface area contributed by atoms with Gasteiger partial charge in [-0.2, -0.15) is 0 Å². The summed E-state index contributed by atoms with van der Waals surface area (Å²) >= 11 is 0. The van der Waals surface area contributed by atoms with Crippen LogP contribution in [-0.4, -0.2) is 19.1 Å². The highest BCUT2D eigenvalue weighted by atomic mass is 14.9. The summed E-state index contributed by atoms with van der Waals surface area (Å²) in [6.45, 7) is 2.06. The van der Waals surface area contributed by atoms with Crippen molar-refractivity contribution >= 4 is 0 Å². The third-order valence-corrected chi connectivity index (χ3v) is 4.26. The lowest BCUT2D eigenvalue weighted by Gasteiger charge is -2.33. The largest absolute Gasteiger partial charge is 0.330 e. The zero-order valence-electron chi connectivity index (χ0n) is 10.3. The molecule has 0 aromatic carbocycles. The van der Waals surface area contributed by atoms with E-state index in [0.29, 0.717) is 6.04 Å². The predicted octanol–water partition coefficient (Wildman–Crippen LogP) is 2.45. The Hall–Kier alpha value is -0.340. The zero-order chi connectivity index (χ0) is 11.2. The van der Waals surface area contributed by atoms with Crippen molar-refractivity contribution in [2.45, 2.75) is 51.0 Å². The summed E-state index contributed by atoms with van der Waals surface area (Å²) in [5, 5.41) is 3.78. The molecule has 3 unspecified atom stereocenters. The third-order valence-electron chi connectivity index (χ3n) is 4.26. The SMILES string of the molecule is NCC1CCCCC1NCC1CC=CCC1. The average Bonchev–Trinajstić information content (AvgIpc) is 2.38. The van der Waals surface area contributed by atoms with Crippen LogP contribution < -0.4 is 11.1 Å². The first kappa shape index (κ1) is 12.1. The van der Waals surface area contributed by atoms with Crippen LogP contribution in [0.3, 0.4) is 0 Å². The highest BCUT2D eigenvalue weighted by Gasteiger charge is 2.24. The van der Waals surface area contributed by atoms with Crippen LogP contribution in [0.2, 0.25) is 0 Å². The van der Waals surface area contributed by atoms with Crippen LogP contribution in [0, 0.1) is 11.8 Å². The molecule has 0 aromatic heterocycles. The standard InChI is InChI=1S/C14H26N2/c15-10-13-8-4-5-9-14(13)16-11-12-6-2-1-3-7-12/h1-2,12-14,16H,3-11,15H2. The average molecular weight is 222 g/mol. The highest BCUT2D eigenvalue weighted by Crippen LogP contribution is 2.24. The fraction of sp³-hybridized carbons (Fsp3) is 0.857. The van der Waals surface area contributed by atoms with Crippen molar-refractivity contribution in [3.63, 3.8) is 0 Å². The Balaban J connectivity index is 1.72. The van der Waals surface area contributed by atoms with Gasteiger partial charge in [0.05, 0.1) is 0 Å². The summed E-state index contributed by atoms with van der Waals surface area (Å²) in [7, 11) is 0. The molecule has 0 saturated heterocycles. The molecular weight excluding hydrogens is 196 g/mol. The molecule has 3 N–H and O–H groups in total. The maximum Gasteiger partial charge on any atom is 0.0107 e. The smallest absolute Gasteiger partial charge is 0.0107 e. The van der Waals surface area contributed by atoms with Gasteiger partial charge < -0.3 is 11.1 Å². The summed E-state index contributed by atoms with van der Waals surface area (Å²) in [4.78, 5) is 0. The summed E-state index contributed by atoms with van der Waals surface area (Å²) in [6, 6.07) is 0.699. The Morgan fingerprint density at radius 3 is 2.75 bits per heavy atom. The van der Waals surface area contributed by atoms with E-state index >= 15 is 0 Å². The molecule has 1 saturated carbocycles. The number of allylic oxidation sites excluding steroid dienone is 2. The summed E-state index contributed by atoms with van der Waals surface area (Å²) in [5.41, 5.74) is 5.85. The first-order valence-electron chi connectivity index (χ1n) is 6.98. The molecule has 0 aliphatic heterocycles. The van der Waals surface area contributed by atoms with Gasteiger partial charge >= 0.3 is 0 Å². The van der Waals surface area contributed by atoms with E-state index < -0.39 is 0 Å². The van der Waals surface area contributed by atoms with Crippen molar-refractivity contribution < 1.29 is 0 Å². The first-order chi connectivity index (χ1) is 7.90. The van der Waals surface area contributed by atoms with E-state index in [2.05, 4.69) is 17.5 Å². The second-order valence-corrected chi connectivity index (χ2v) is 5.45. The minimum Gasteiger partial charge on any atom is -0.330 e. The Kier molecular flexibility index (Phi) is 4.86. The van der Waals surface area contributed by atoms with Gasteiger partial charge in [0.2, 0.25) is 0 Å². The molecule has 2 nitrogen and oxygen atoms in total. The summed E-state index contributed by atoms with van der Waals surface area (Å²) in [6.07, 6.45) is 14.0. The van der Waals surface area contributed by atoms with Crippen LogP contribution >= 0.6 is 0 Å². The highest BCUT2D eigenvalue weighted by molar-refractivity contribution is 4.91. The molecule has 2 aliphatic carbocycles. The molecule has 0 amide bonds. The van der Waals surface area contributed by atoms with Gasteiger partial charge in [0.1, 0.15) is 0 Å². The normalized spacial score (nSPS) is 35.2. The van der Waals surface area contributed by atoms with E-state index in [0.717, 1.165) is 18.4 Å². The quantitative estimate of drug-likeness (QED) is 0.717. The maximum atomic E-state index is 5.85. The van der Waals surface area contributed by atoms with Crippen LogP contribution in [0.15, 0.2) is 12.2 Å². The van der Waals surface area contributed by atoms with Crippen molar-refractivity contribution in [2.75, 3.05) is 13.1 Å². The molecule has 2 rings (SSSR count). The predicted molar refractivity (Wildman–Crippen MR) is 69.3 cm³/mol. The van der Waals surface area contributed by atoms with Crippen LogP contribution in [0.1, 0.15) is 44.9 Å². The topological polar surface area (TPSA) is 38.0 Å². The van der Waals surface area contributed by atoms with Crippen LogP contribution in [-0.2, 0) is 0 Å². The number of rotatable bonds is 4. The van der Waals surface area contributed by atoms with Crippen molar-refractivity contribution in [3.05, 3.63) is 12.2 Å². The lowest BCUT2D eigenvalue weighted by molar-refractivity contribution is 0.254. The molecule has 0 aromatic rings. The van der Waals surface area contributed by atoms with E-state index in [9.17, 15) is 0 Å². The Morgan fingerprint density at radius 2 is 2.00 bits per heavy atom. The fourth-order valence-electron chi connectivity index (χ4n) is 3.12. The molecule has 16 heavy (non-hydrogen) atoms. The lowest BCUT2D eigenvalue weighted by Crippen LogP contribution is -2.43. The minimum atomic E-state index is 0.699. The third kappa shape index (κ3) is 3.33. The first-order valence-corrected chi connectivity index (χ1v) is 6.98. The Bertz CT molecular complexity index is 225. The van der Waals surface area contributed by atoms with Crippen LogP contribution in [0.4, 0.5) is 0 Å². The molecule has 2 aliphatic rings. The molecule has 92 valence electrons. The minimum absolute atomic E-state index is 0.699. The van der Waals surface area contributed by atoms with Crippen molar-refractivity contribution in [2.24, 2.45) is 17.6 Å². The van der Waals surface area contributed by atoms with Crippen LogP contribution in [0.5, 0.6) is 0 Å².